The van der Waals surface area contributed by atoms with E-state index in [1.165, 1.54) is 25.8 Å². The average Bonchev–Trinajstić information content (AvgIpc) is 2.53. The first-order chi connectivity index (χ1) is 5.66. The number of quaternary nitrogens is 1. The zero-order chi connectivity index (χ0) is 8.77. The third-order valence-electron chi connectivity index (χ3n) is 4.38. The number of rotatable bonds is 2. The summed E-state index contributed by atoms with van der Waals surface area (Å²) in [6, 6.07) is 0.932. The van der Waals surface area contributed by atoms with Gasteiger partial charge in [-0.3, -0.25) is 0 Å². The Labute approximate surface area is 88.1 Å². The van der Waals surface area contributed by atoms with Crippen molar-refractivity contribution in [2.75, 3.05) is 6.54 Å². The van der Waals surface area contributed by atoms with Crippen LogP contribution in [0.1, 0.15) is 40.0 Å². The van der Waals surface area contributed by atoms with Crippen LogP contribution in [0.2, 0.25) is 0 Å². The topological polar surface area (TPSA) is 16.6 Å². The highest BCUT2D eigenvalue weighted by atomic mass is 35.5. The lowest BCUT2D eigenvalue weighted by atomic mass is 9.73. The highest BCUT2D eigenvalue weighted by Crippen LogP contribution is 2.54. The van der Waals surface area contributed by atoms with Crippen molar-refractivity contribution >= 4 is 0 Å². The van der Waals surface area contributed by atoms with Crippen molar-refractivity contribution < 1.29 is 17.7 Å². The van der Waals surface area contributed by atoms with E-state index in [-0.39, 0.29) is 12.4 Å². The average molecular weight is 204 g/mol. The Morgan fingerprint density at radius 3 is 2.46 bits per heavy atom. The molecule has 0 aromatic carbocycles. The van der Waals surface area contributed by atoms with Gasteiger partial charge in [-0.15, -0.1) is 0 Å². The molecule has 2 heteroatoms. The van der Waals surface area contributed by atoms with Gasteiger partial charge in [0.15, 0.2) is 0 Å². The van der Waals surface area contributed by atoms with Crippen LogP contribution in [-0.4, -0.2) is 12.6 Å². The number of fused-ring (bicyclic) bond motifs is 2. The van der Waals surface area contributed by atoms with E-state index in [1.807, 2.05) is 0 Å². The largest absolute Gasteiger partial charge is 1.00 e. The zero-order valence-corrected chi connectivity index (χ0v) is 9.77. The Balaban J connectivity index is 0.000000845. The molecule has 3 unspecified atom stereocenters. The molecule has 0 heterocycles. The van der Waals surface area contributed by atoms with Crippen LogP contribution in [0.4, 0.5) is 0 Å². The lowest BCUT2D eigenvalue weighted by Crippen LogP contribution is -3.00. The molecule has 78 valence electrons. The van der Waals surface area contributed by atoms with Gasteiger partial charge < -0.3 is 17.7 Å². The van der Waals surface area contributed by atoms with Crippen LogP contribution in [0.25, 0.3) is 0 Å². The summed E-state index contributed by atoms with van der Waals surface area (Å²) in [6.07, 6.45) is 4.54. The summed E-state index contributed by atoms with van der Waals surface area (Å²) >= 11 is 0. The van der Waals surface area contributed by atoms with Crippen molar-refractivity contribution in [2.24, 2.45) is 17.3 Å². The Hall–Kier alpha value is 0.250. The van der Waals surface area contributed by atoms with E-state index < -0.39 is 0 Å². The summed E-state index contributed by atoms with van der Waals surface area (Å²) in [5.74, 6) is 2.08. The second-order valence-electron chi connectivity index (χ2n) is 5.26. The standard InChI is InChI=1S/C11H21N.ClH/c1-4-12-10-8-5-6-9(7-8)11(10,2)3;/h8-10,12H,4-7H2,1-3H3;1H. The molecule has 0 aromatic rings. The SMILES string of the molecule is CC[NH2+]C1C2CCC(C2)C1(C)C.[Cl-]. The maximum Gasteiger partial charge on any atom is 0.0941 e. The van der Waals surface area contributed by atoms with Crippen molar-refractivity contribution in [3.05, 3.63) is 0 Å². The fourth-order valence-corrected chi connectivity index (χ4v) is 3.65. The quantitative estimate of drug-likeness (QED) is 0.557. The molecule has 0 aromatic heterocycles. The predicted octanol–water partition coefficient (Wildman–Crippen LogP) is -1.60. The minimum Gasteiger partial charge on any atom is -1.00 e. The van der Waals surface area contributed by atoms with Gasteiger partial charge in [-0.1, -0.05) is 13.8 Å². The van der Waals surface area contributed by atoms with Crippen LogP contribution < -0.4 is 17.7 Å². The van der Waals surface area contributed by atoms with Crippen LogP contribution in [0.5, 0.6) is 0 Å². The Bertz CT molecular complexity index is 179. The number of nitrogens with two attached hydrogens (primary N) is 1. The fraction of sp³-hybridized carbons (Fsp3) is 1.00. The summed E-state index contributed by atoms with van der Waals surface area (Å²) in [5, 5.41) is 2.57. The second-order valence-corrected chi connectivity index (χ2v) is 5.26. The van der Waals surface area contributed by atoms with Gasteiger partial charge in [0, 0.05) is 11.3 Å². The normalized spacial score (nSPS) is 40.4. The lowest BCUT2D eigenvalue weighted by Gasteiger charge is -2.35. The summed E-state index contributed by atoms with van der Waals surface area (Å²) in [5.41, 5.74) is 0.624. The molecule has 0 amide bonds. The monoisotopic (exact) mass is 203 g/mol. The van der Waals surface area contributed by atoms with Crippen molar-refractivity contribution in [1.82, 2.24) is 0 Å². The molecular weight excluding hydrogens is 182 g/mol. The molecule has 2 fully saturated rings. The van der Waals surface area contributed by atoms with E-state index in [2.05, 4.69) is 26.1 Å². The van der Waals surface area contributed by atoms with E-state index in [1.54, 1.807) is 0 Å². The maximum atomic E-state index is 2.57. The minimum atomic E-state index is 0. The van der Waals surface area contributed by atoms with Crippen LogP contribution in [0, 0.1) is 17.3 Å². The van der Waals surface area contributed by atoms with Gasteiger partial charge >= 0.3 is 0 Å². The number of hydrogen-bond donors (Lipinski definition) is 1. The van der Waals surface area contributed by atoms with E-state index in [0.717, 1.165) is 17.9 Å². The van der Waals surface area contributed by atoms with Gasteiger partial charge in [0.25, 0.3) is 0 Å². The lowest BCUT2D eigenvalue weighted by molar-refractivity contribution is -0.704. The van der Waals surface area contributed by atoms with Crippen molar-refractivity contribution in [3.8, 4) is 0 Å². The molecule has 2 saturated carbocycles. The van der Waals surface area contributed by atoms with Crippen molar-refractivity contribution in [3.63, 3.8) is 0 Å². The Kier molecular flexibility index (Phi) is 3.29. The van der Waals surface area contributed by atoms with Gasteiger partial charge in [-0.2, -0.15) is 0 Å². The highest BCUT2D eigenvalue weighted by molar-refractivity contribution is 5.01. The number of halogens is 1. The molecule has 0 spiro atoms. The van der Waals surface area contributed by atoms with Crippen LogP contribution >= 0.6 is 0 Å². The molecule has 1 nitrogen and oxygen atoms in total. The van der Waals surface area contributed by atoms with Gasteiger partial charge in [0.05, 0.1) is 12.6 Å². The van der Waals surface area contributed by atoms with Crippen molar-refractivity contribution in [2.45, 2.75) is 46.1 Å². The molecule has 0 radical (unpaired) electrons. The summed E-state index contributed by atoms with van der Waals surface area (Å²) in [6.45, 7) is 8.50. The van der Waals surface area contributed by atoms with Gasteiger partial charge in [0.2, 0.25) is 0 Å². The van der Waals surface area contributed by atoms with Gasteiger partial charge in [0.1, 0.15) is 0 Å². The van der Waals surface area contributed by atoms with Gasteiger partial charge in [-0.25, -0.2) is 0 Å². The van der Waals surface area contributed by atoms with Gasteiger partial charge in [-0.05, 0) is 32.1 Å². The van der Waals surface area contributed by atoms with E-state index in [4.69, 9.17) is 0 Å². The molecule has 0 saturated heterocycles. The summed E-state index contributed by atoms with van der Waals surface area (Å²) in [4.78, 5) is 0. The molecule has 2 aliphatic carbocycles. The molecule has 2 aliphatic rings. The number of hydrogen-bond acceptors (Lipinski definition) is 0. The third kappa shape index (κ3) is 1.61. The summed E-state index contributed by atoms with van der Waals surface area (Å²) < 4.78 is 0. The summed E-state index contributed by atoms with van der Waals surface area (Å²) in [7, 11) is 0. The smallest absolute Gasteiger partial charge is 0.0941 e. The second kappa shape index (κ2) is 3.78. The highest BCUT2D eigenvalue weighted by Gasteiger charge is 2.54. The molecule has 0 aliphatic heterocycles. The first-order valence-corrected chi connectivity index (χ1v) is 5.49. The van der Waals surface area contributed by atoms with E-state index in [0.29, 0.717) is 5.41 Å². The van der Waals surface area contributed by atoms with Crippen molar-refractivity contribution in [1.29, 1.82) is 0 Å². The first-order valence-electron chi connectivity index (χ1n) is 5.49. The Morgan fingerprint density at radius 2 is 2.00 bits per heavy atom. The van der Waals surface area contributed by atoms with E-state index in [9.17, 15) is 0 Å². The minimum absolute atomic E-state index is 0. The third-order valence-corrected chi connectivity index (χ3v) is 4.38. The molecule has 13 heavy (non-hydrogen) atoms. The van der Waals surface area contributed by atoms with Crippen LogP contribution in [0.3, 0.4) is 0 Å². The molecular formula is C11H22ClN. The molecule has 3 atom stereocenters. The maximum absolute atomic E-state index is 2.57. The molecule has 2 N–H and O–H groups in total. The zero-order valence-electron chi connectivity index (χ0n) is 9.02. The van der Waals surface area contributed by atoms with Crippen LogP contribution in [0.15, 0.2) is 0 Å². The predicted molar refractivity (Wildman–Crippen MR) is 50.9 cm³/mol. The molecule has 2 bridgehead atoms. The first kappa shape index (κ1) is 11.3. The Morgan fingerprint density at radius 1 is 1.31 bits per heavy atom. The van der Waals surface area contributed by atoms with E-state index >= 15 is 0 Å². The molecule has 2 rings (SSSR count). The van der Waals surface area contributed by atoms with Crippen LogP contribution in [-0.2, 0) is 0 Å². The fourth-order valence-electron chi connectivity index (χ4n) is 3.65.